The summed E-state index contributed by atoms with van der Waals surface area (Å²) in [5.74, 6) is -0.194. The Hall–Kier alpha value is -1.39. The number of benzene rings is 2. The number of amides is 1. The SMILES string of the molecule is O=C(COCC1CCCN(S(=O)(=O)c2c(Cl)cc(Cl)cc2Cl)C1)N1CCC(O)(c2ccccc2)CC1. The van der Waals surface area contributed by atoms with Crippen molar-refractivity contribution in [2.75, 3.05) is 39.4 Å². The molecule has 4 rings (SSSR count). The van der Waals surface area contributed by atoms with Crippen molar-refractivity contribution in [2.24, 2.45) is 5.92 Å². The predicted molar refractivity (Wildman–Crippen MR) is 140 cm³/mol. The van der Waals surface area contributed by atoms with Crippen molar-refractivity contribution in [2.45, 2.75) is 36.2 Å². The monoisotopic (exact) mass is 574 g/mol. The van der Waals surface area contributed by atoms with Gasteiger partial charge >= 0.3 is 0 Å². The highest BCUT2D eigenvalue weighted by Crippen LogP contribution is 2.36. The molecule has 2 aliphatic rings. The van der Waals surface area contributed by atoms with Crippen LogP contribution in [-0.2, 0) is 25.2 Å². The lowest BCUT2D eigenvalue weighted by molar-refractivity contribution is -0.141. The van der Waals surface area contributed by atoms with Gasteiger partial charge in [-0.25, -0.2) is 8.42 Å². The average Bonchev–Trinajstić information content (AvgIpc) is 2.84. The average molecular weight is 576 g/mol. The van der Waals surface area contributed by atoms with Gasteiger partial charge in [0.1, 0.15) is 11.5 Å². The van der Waals surface area contributed by atoms with E-state index in [4.69, 9.17) is 39.5 Å². The molecular formula is C25H29Cl3N2O5S. The van der Waals surface area contributed by atoms with E-state index in [2.05, 4.69) is 0 Å². The van der Waals surface area contributed by atoms with E-state index in [1.165, 1.54) is 16.4 Å². The molecular weight excluding hydrogens is 547 g/mol. The lowest BCUT2D eigenvalue weighted by atomic mass is 9.84. The zero-order valence-electron chi connectivity index (χ0n) is 19.7. The lowest BCUT2D eigenvalue weighted by Crippen LogP contribution is -2.46. The van der Waals surface area contributed by atoms with E-state index < -0.39 is 15.6 Å². The maximum Gasteiger partial charge on any atom is 0.248 e. The van der Waals surface area contributed by atoms with E-state index in [9.17, 15) is 18.3 Å². The second-order valence-electron chi connectivity index (χ2n) is 9.36. The first kappa shape index (κ1) is 27.6. The molecule has 2 fully saturated rings. The zero-order valence-corrected chi connectivity index (χ0v) is 22.8. The van der Waals surface area contributed by atoms with Crippen molar-refractivity contribution in [3.05, 3.63) is 63.1 Å². The molecule has 196 valence electrons. The third-order valence-corrected chi connectivity index (χ3v) is 9.88. The number of piperidine rings is 2. The van der Waals surface area contributed by atoms with Gasteiger partial charge in [0, 0.05) is 31.2 Å². The maximum absolute atomic E-state index is 13.2. The molecule has 1 N–H and O–H groups in total. The van der Waals surface area contributed by atoms with Gasteiger partial charge in [0.05, 0.1) is 22.3 Å². The lowest BCUT2D eigenvalue weighted by Gasteiger charge is -2.38. The van der Waals surface area contributed by atoms with Crippen LogP contribution in [0.4, 0.5) is 0 Å². The molecule has 0 aliphatic carbocycles. The predicted octanol–water partition coefficient (Wildman–Crippen LogP) is 4.57. The molecule has 0 radical (unpaired) electrons. The number of nitrogens with zero attached hydrogens (tertiary/aromatic N) is 2. The topological polar surface area (TPSA) is 87.2 Å². The number of aliphatic hydroxyl groups is 1. The first-order valence-corrected chi connectivity index (χ1v) is 14.5. The summed E-state index contributed by atoms with van der Waals surface area (Å²) in [5.41, 5.74) is -0.0578. The van der Waals surface area contributed by atoms with E-state index in [0.717, 1.165) is 12.0 Å². The number of sulfonamides is 1. The molecule has 36 heavy (non-hydrogen) atoms. The quantitative estimate of drug-likeness (QED) is 0.523. The molecule has 2 aliphatic heterocycles. The molecule has 0 aromatic heterocycles. The minimum atomic E-state index is -3.91. The van der Waals surface area contributed by atoms with E-state index >= 15 is 0 Å². The summed E-state index contributed by atoms with van der Waals surface area (Å²) in [6.07, 6.45) is 2.38. The molecule has 0 bridgehead atoms. The van der Waals surface area contributed by atoms with Gasteiger partial charge in [-0.1, -0.05) is 65.1 Å². The maximum atomic E-state index is 13.2. The highest BCUT2D eigenvalue weighted by molar-refractivity contribution is 7.89. The zero-order chi connectivity index (χ0) is 25.9. The minimum absolute atomic E-state index is 0.0165. The largest absolute Gasteiger partial charge is 0.385 e. The Balaban J connectivity index is 1.27. The van der Waals surface area contributed by atoms with Gasteiger partial charge < -0.3 is 14.7 Å². The van der Waals surface area contributed by atoms with Crippen LogP contribution in [0.1, 0.15) is 31.2 Å². The van der Waals surface area contributed by atoms with Crippen LogP contribution >= 0.6 is 34.8 Å². The van der Waals surface area contributed by atoms with Crippen LogP contribution in [0.15, 0.2) is 47.4 Å². The van der Waals surface area contributed by atoms with Crippen LogP contribution in [-0.4, -0.2) is 68.0 Å². The number of carbonyl (C=O) groups is 1. The Bertz CT molecular complexity index is 1160. The Morgan fingerprint density at radius 2 is 1.69 bits per heavy atom. The summed E-state index contributed by atoms with van der Waals surface area (Å²) in [4.78, 5) is 14.2. The van der Waals surface area contributed by atoms with Gasteiger partial charge in [0.2, 0.25) is 15.9 Å². The molecule has 2 aromatic carbocycles. The van der Waals surface area contributed by atoms with Crippen LogP contribution in [0.3, 0.4) is 0 Å². The number of likely N-dealkylation sites (tertiary alicyclic amines) is 1. The number of hydrogen-bond donors (Lipinski definition) is 1. The summed E-state index contributed by atoms with van der Waals surface area (Å²) in [6, 6.07) is 12.2. The highest BCUT2D eigenvalue weighted by atomic mass is 35.5. The second-order valence-corrected chi connectivity index (χ2v) is 12.5. The van der Waals surface area contributed by atoms with Gasteiger partial charge in [-0.05, 0) is 49.3 Å². The Morgan fingerprint density at radius 3 is 2.33 bits per heavy atom. The van der Waals surface area contributed by atoms with Gasteiger partial charge in [-0.3, -0.25) is 4.79 Å². The highest BCUT2D eigenvalue weighted by Gasteiger charge is 2.36. The summed E-state index contributed by atoms with van der Waals surface area (Å²) in [6.45, 7) is 1.69. The number of ether oxygens (including phenoxy) is 1. The first-order chi connectivity index (χ1) is 17.1. The van der Waals surface area contributed by atoms with Crippen LogP contribution in [0.2, 0.25) is 15.1 Å². The minimum Gasteiger partial charge on any atom is -0.385 e. The molecule has 0 spiro atoms. The standard InChI is InChI=1S/C25H29Cl3N2O5S/c26-20-13-21(27)24(22(28)14-20)36(33,34)30-10-4-5-18(15-30)16-35-17-23(31)29-11-8-25(32,9-12-29)19-6-2-1-3-7-19/h1-3,6-7,13-14,18,32H,4-5,8-12,15-17H2. The summed E-state index contributed by atoms with van der Waals surface area (Å²) in [5, 5.41) is 11.2. The molecule has 11 heteroatoms. The smallest absolute Gasteiger partial charge is 0.248 e. The Labute approximate surface area is 226 Å². The molecule has 1 amide bonds. The van der Waals surface area contributed by atoms with Crippen LogP contribution in [0.5, 0.6) is 0 Å². The van der Waals surface area contributed by atoms with Gasteiger partial charge in [0.15, 0.2) is 0 Å². The van der Waals surface area contributed by atoms with Crippen molar-refractivity contribution < 1.29 is 23.1 Å². The van der Waals surface area contributed by atoms with Crippen molar-refractivity contribution in [1.82, 2.24) is 9.21 Å². The third-order valence-electron chi connectivity index (χ3n) is 6.88. The normalized spacial score (nSPS) is 20.9. The van der Waals surface area contributed by atoms with Crippen LogP contribution in [0, 0.1) is 5.92 Å². The fraction of sp³-hybridized carbons (Fsp3) is 0.480. The second kappa shape index (κ2) is 11.6. The van der Waals surface area contributed by atoms with Crippen LogP contribution in [0.25, 0.3) is 0 Å². The van der Waals surface area contributed by atoms with E-state index in [-0.39, 0.29) is 51.5 Å². The Kier molecular flexibility index (Phi) is 8.87. The first-order valence-electron chi connectivity index (χ1n) is 11.9. The van der Waals surface area contributed by atoms with E-state index in [1.807, 2.05) is 30.3 Å². The van der Waals surface area contributed by atoms with E-state index in [0.29, 0.717) is 38.9 Å². The molecule has 2 saturated heterocycles. The molecule has 7 nitrogen and oxygen atoms in total. The number of hydrogen-bond acceptors (Lipinski definition) is 5. The molecule has 1 atom stereocenters. The van der Waals surface area contributed by atoms with E-state index in [1.54, 1.807) is 4.90 Å². The molecule has 1 unspecified atom stereocenters. The van der Waals surface area contributed by atoms with Crippen molar-refractivity contribution in [3.63, 3.8) is 0 Å². The summed E-state index contributed by atoms with van der Waals surface area (Å²) < 4.78 is 33.5. The van der Waals surface area contributed by atoms with Crippen molar-refractivity contribution in [3.8, 4) is 0 Å². The van der Waals surface area contributed by atoms with Crippen molar-refractivity contribution >= 4 is 50.7 Å². The molecule has 2 aromatic rings. The number of halogens is 3. The van der Waals surface area contributed by atoms with Gasteiger partial charge in [-0.15, -0.1) is 0 Å². The summed E-state index contributed by atoms with van der Waals surface area (Å²) >= 11 is 18.2. The third kappa shape index (κ3) is 6.18. The summed E-state index contributed by atoms with van der Waals surface area (Å²) in [7, 11) is -3.91. The van der Waals surface area contributed by atoms with Gasteiger partial charge in [-0.2, -0.15) is 4.31 Å². The molecule has 2 heterocycles. The van der Waals surface area contributed by atoms with Crippen LogP contribution < -0.4 is 0 Å². The fourth-order valence-electron chi connectivity index (χ4n) is 4.85. The molecule has 0 saturated carbocycles. The van der Waals surface area contributed by atoms with Gasteiger partial charge in [0.25, 0.3) is 0 Å². The number of carbonyl (C=O) groups excluding carboxylic acids is 1. The Morgan fingerprint density at radius 1 is 1.06 bits per heavy atom. The van der Waals surface area contributed by atoms with Crippen molar-refractivity contribution in [1.29, 1.82) is 0 Å². The fourth-order valence-corrected chi connectivity index (χ4v) is 7.90. The number of rotatable bonds is 7.